The van der Waals surface area contributed by atoms with Crippen molar-refractivity contribution in [2.24, 2.45) is 0 Å². The maximum absolute atomic E-state index is 16.0. The van der Waals surface area contributed by atoms with Crippen LogP contribution < -0.4 is 9.64 Å². The molecule has 3 aromatic rings. The first kappa shape index (κ1) is 31.2. The van der Waals surface area contributed by atoms with Crippen LogP contribution in [-0.4, -0.2) is 75.2 Å². The molecule has 3 fully saturated rings. The van der Waals surface area contributed by atoms with Crippen molar-refractivity contribution in [3.05, 3.63) is 58.3 Å². The van der Waals surface area contributed by atoms with Crippen LogP contribution in [0, 0.1) is 18.2 Å². The SMILES string of the molecule is C#Cc1nc(OC[C@@]23CCCN2C[C@H](F)C3)nc(N2CCC[C@@](C)(O)C2)c1/C=C(/F)Cc1cc(O)cc2ccc(F)c(CC)c12. The molecule has 0 spiro atoms. The highest BCUT2D eigenvalue weighted by Crippen LogP contribution is 2.41. The molecular formula is C35H39F3N4O3. The Labute approximate surface area is 261 Å². The number of rotatable bonds is 8. The summed E-state index contributed by atoms with van der Waals surface area (Å²) >= 11 is 0. The van der Waals surface area contributed by atoms with Crippen molar-refractivity contribution in [2.45, 2.75) is 76.1 Å². The molecular weight excluding hydrogens is 581 g/mol. The molecule has 10 heteroatoms. The number of phenolic OH excluding ortho intramolecular Hbond substituents is 1. The van der Waals surface area contributed by atoms with Gasteiger partial charge in [0.1, 0.15) is 41.7 Å². The number of fused-ring (bicyclic) bond motifs is 2. The van der Waals surface area contributed by atoms with Gasteiger partial charge >= 0.3 is 6.01 Å². The number of aromatic hydroxyl groups is 1. The number of halogens is 3. The molecule has 0 amide bonds. The Morgan fingerprint density at radius 1 is 1.22 bits per heavy atom. The number of alkyl halides is 1. The fourth-order valence-corrected chi connectivity index (χ4v) is 7.50. The molecule has 3 saturated heterocycles. The highest BCUT2D eigenvalue weighted by molar-refractivity contribution is 5.91. The Morgan fingerprint density at radius 2 is 2.02 bits per heavy atom. The number of phenols is 1. The van der Waals surface area contributed by atoms with Crippen molar-refractivity contribution in [3.8, 4) is 24.1 Å². The van der Waals surface area contributed by atoms with Crippen LogP contribution in [0.2, 0.25) is 0 Å². The van der Waals surface area contributed by atoms with E-state index in [2.05, 4.69) is 15.8 Å². The third-order valence-corrected chi connectivity index (χ3v) is 9.50. The van der Waals surface area contributed by atoms with Gasteiger partial charge in [-0.1, -0.05) is 13.0 Å². The third-order valence-electron chi connectivity index (χ3n) is 9.50. The number of piperidine rings is 1. The molecule has 0 radical (unpaired) electrons. The minimum absolute atomic E-state index is 0.0197. The largest absolute Gasteiger partial charge is 0.508 e. The van der Waals surface area contributed by atoms with Crippen LogP contribution in [0.3, 0.4) is 0 Å². The van der Waals surface area contributed by atoms with E-state index in [4.69, 9.17) is 16.1 Å². The number of anilines is 1. The zero-order valence-electron chi connectivity index (χ0n) is 25.8. The minimum Gasteiger partial charge on any atom is -0.508 e. The van der Waals surface area contributed by atoms with Gasteiger partial charge in [0.25, 0.3) is 0 Å². The van der Waals surface area contributed by atoms with Crippen LogP contribution in [-0.2, 0) is 12.8 Å². The van der Waals surface area contributed by atoms with Gasteiger partial charge in [0.05, 0.1) is 16.7 Å². The summed E-state index contributed by atoms with van der Waals surface area (Å²) < 4.78 is 51.3. The van der Waals surface area contributed by atoms with Gasteiger partial charge in [0.15, 0.2) is 0 Å². The summed E-state index contributed by atoms with van der Waals surface area (Å²) in [7, 11) is 0. The number of β-amino-alcohol motifs (C(OH)–C–C–N with tert-alkyl or cyclic N) is 1. The molecule has 0 bridgehead atoms. The van der Waals surface area contributed by atoms with Gasteiger partial charge in [0.2, 0.25) is 0 Å². The van der Waals surface area contributed by atoms with Gasteiger partial charge in [-0.3, -0.25) is 4.90 Å². The highest BCUT2D eigenvalue weighted by atomic mass is 19.1. The summed E-state index contributed by atoms with van der Waals surface area (Å²) in [6, 6.07) is 5.92. The molecule has 3 aliphatic heterocycles. The minimum atomic E-state index is -0.996. The average Bonchev–Trinajstić information content (AvgIpc) is 3.51. The molecule has 7 nitrogen and oxygen atoms in total. The highest BCUT2D eigenvalue weighted by Gasteiger charge is 2.49. The molecule has 0 unspecified atom stereocenters. The summed E-state index contributed by atoms with van der Waals surface area (Å²) in [5, 5.41) is 22.4. The smallest absolute Gasteiger partial charge is 0.319 e. The van der Waals surface area contributed by atoms with Crippen LogP contribution in [0.15, 0.2) is 30.1 Å². The van der Waals surface area contributed by atoms with E-state index in [0.717, 1.165) is 19.4 Å². The zero-order valence-corrected chi connectivity index (χ0v) is 25.8. The quantitative estimate of drug-likeness (QED) is 0.305. The zero-order chi connectivity index (χ0) is 31.9. The molecule has 6 rings (SSSR count). The van der Waals surface area contributed by atoms with E-state index in [1.807, 2.05) is 11.8 Å². The van der Waals surface area contributed by atoms with Gasteiger partial charge in [-0.25, -0.2) is 13.2 Å². The summed E-state index contributed by atoms with van der Waals surface area (Å²) in [6.45, 7) is 5.78. The predicted octanol–water partition coefficient (Wildman–Crippen LogP) is 5.88. The lowest BCUT2D eigenvalue weighted by Gasteiger charge is -2.38. The average molecular weight is 621 g/mol. The first-order valence-corrected chi connectivity index (χ1v) is 15.7. The van der Waals surface area contributed by atoms with Gasteiger partial charge < -0.3 is 19.8 Å². The molecule has 0 aliphatic carbocycles. The van der Waals surface area contributed by atoms with Crippen LogP contribution in [0.4, 0.5) is 19.0 Å². The van der Waals surface area contributed by atoms with E-state index >= 15 is 4.39 Å². The van der Waals surface area contributed by atoms with Crippen LogP contribution in [0.1, 0.15) is 68.3 Å². The predicted molar refractivity (Wildman–Crippen MR) is 168 cm³/mol. The molecule has 2 N–H and O–H groups in total. The van der Waals surface area contributed by atoms with Crippen LogP contribution in [0.5, 0.6) is 11.8 Å². The fourth-order valence-electron chi connectivity index (χ4n) is 7.50. The van der Waals surface area contributed by atoms with E-state index < -0.39 is 23.1 Å². The number of nitrogens with zero attached hydrogens (tertiary/aromatic N) is 4. The van der Waals surface area contributed by atoms with Crippen molar-refractivity contribution in [2.75, 3.05) is 37.7 Å². The summed E-state index contributed by atoms with van der Waals surface area (Å²) in [5.41, 5.74) is -0.154. The summed E-state index contributed by atoms with van der Waals surface area (Å²) in [5.74, 6) is 1.86. The summed E-state index contributed by atoms with van der Waals surface area (Å²) in [4.78, 5) is 13.2. The molecule has 1 aromatic heterocycles. The maximum atomic E-state index is 16.0. The molecule has 3 aliphatic rings. The third kappa shape index (κ3) is 6.21. The normalized spacial score (nSPS) is 25.5. The topological polar surface area (TPSA) is 82.0 Å². The second-order valence-corrected chi connectivity index (χ2v) is 13.0. The van der Waals surface area contributed by atoms with E-state index in [-0.39, 0.29) is 48.4 Å². The Bertz CT molecular complexity index is 1690. The summed E-state index contributed by atoms with van der Waals surface area (Å²) in [6.07, 6.45) is 9.90. The van der Waals surface area contributed by atoms with Crippen LogP contribution in [0.25, 0.3) is 16.8 Å². The number of ether oxygens (including phenoxy) is 1. The lowest BCUT2D eigenvalue weighted by atomic mass is 9.94. The lowest BCUT2D eigenvalue weighted by molar-refractivity contribution is 0.0446. The number of allylic oxidation sites excluding steroid dienone is 1. The molecule has 4 heterocycles. The Kier molecular flexibility index (Phi) is 8.44. The molecule has 45 heavy (non-hydrogen) atoms. The Balaban J connectivity index is 1.38. The van der Waals surface area contributed by atoms with Gasteiger partial charge in [-0.15, -0.1) is 6.42 Å². The van der Waals surface area contributed by atoms with E-state index in [1.165, 1.54) is 24.3 Å². The van der Waals surface area contributed by atoms with Crippen molar-refractivity contribution in [3.63, 3.8) is 0 Å². The Morgan fingerprint density at radius 3 is 2.78 bits per heavy atom. The number of aryl methyl sites for hydroxylation is 1. The lowest BCUT2D eigenvalue weighted by Crippen LogP contribution is -2.47. The number of aromatic nitrogens is 2. The first-order chi connectivity index (χ1) is 21.5. The Hall–Kier alpha value is -3.81. The van der Waals surface area contributed by atoms with Gasteiger partial charge in [-0.2, -0.15) is 9.97 Å². The standard InChI is InChI=1S/C35H39F3N4O3/c1-4-27-29(38)9-8-22-15-26(43)16-23(31(22)27)14-24(36)17-28-30(5-2)39-33(40-32(28)41-12-6-10-34(3,44)20-41)45-21-35-11-7-13-42(35)19-25(37)18-35/h2,8-9,15-17,25,43-44H,4,6-7,10-14,18-21H2,1,3H3/b24-17+/t25-,34-,35+/m1/s1. The van der Waals surface area contributed by atoms with Crippen molar-refractivity contribution in [1.82, 2.24) is 14.9 Å². The number of hydrogen-bond acceptors (Lipinski definition) is 7. The second-order valence-electron chi connectivity index (χ2n) is 13.0. The van der Waals surface area contributed by atoms with E-state index in [9.17, 15) is 19.0 Å². The number of benzene rings is 2. The second kappa shape index (κ2) is 12.2. The van der Waals surface area contributed by atoms with Crippen LogP contribution >= 0.6 is 0 Å². The van der Waals surface area contributed by atoms with Crippen molar-refractivity contribution >= 4 is 22.7 Å². The fraction of sp³-hybridized carbons (Fsp3) is 0.486. The van der Waals surface area contributed by atoms with Gasteiger partial charge in [-0.05, 0) is 97.7 Å². The number of hydrogen-bond donors (Lipinski definition) is 2. The molecule has 0 saturated carbocycles. The van der Waals surface area contributed by atoms with E-state index in [1.54, 1.807) is 13.0 Å². The number of terminal acetylenes is 1. The van der Waals surface area contributed by atoms with Crippen molar-refractivity contribution < 1.29 is 28.1 Å². The van der Waals surface area contributed by atoms with Gasteiger partial charge in [0, 0.05) is 32.5 Å². The van der Waals surface area contributed by atoms with E-state index in [0.29, 0.717) is 66.5 Å². The number of aliphatic hydroxyl groups is 1. The monoisotopic (exact) mass is 620 g/mol. The first-order valence-electron chi connectivity index (χ1n) is 15.7. The molecule has 2 aromatic carbocycles. The molecule has 3 atom stereocenters. The maximum Gasteiger partial charge on any atom is 0.319 e. The molecule has 238 valence electrons. The van der Waals surface area contributed by atoms with Crippen molar-refractivity contribution in [1.29, 1.82) is 0 Å².